The molecule has 7 heteroatoms. The molecule has 0 aliphatic rings. The van der Waals surface area contributed by atoms with Gasteiger partial charge in [-0.05, 0) is 61.7 Å². The standard InChI is InChI=1S/C16H18N2O3S2/c1-3-18(13-6-4-12(5-7-13)16(17)19)23(20,21)15-10-8-14(22-2)9-11-15/h4-11H,3H2,1-2H3,(H2,17,19). The molecule has 0 aromatic heterocycles. The fourth-order valence-electron chi connectivity index (χ4n) is 2.16. The van der Waals surface area contributed by atoms with Crippen LogP contribution in [0.5, 0.6) is 0 Å². The summed E-state index contributed by atoms with van der Waals surface area (Å²) in [5, 5.41) is 0. The number of amides is 1. The van der Waals surface area contributed by atoms with E-state index in [9.17, 15) is 13.2 Å². The highest BCUT2D eigenvalue weighted by molar-refractivity contribution is 7.98. The Hall–Kier alpha value is -1.99. The van der Waals surface area contributed by atoms with E-state index in [1.165, 1.54) is 16.4 Å². The molecule has 0 aliphatic carbocycles. The van der Waals surface area contributed by atoms with Gasteiger partial charge in [0.2, 0.25) is 5.91 Å². The molecule has 0 unspecified atom stereocenters. The topological polar surface area (TPSA) is 80.5 Å². The zero-order valence-corrected chi connectivity index (χ0v) is 14.5. The Morgan fingerprint density at radius 3 is 2.09 bits per heavy atom. The third-order valence-electron chi connectivity index (χ3n) is 3.37. The molecule has 2 N–H and O–H groups in total. The number of carbonyl (C=O) groups excluding carboxylic acids is 1. The minimum Gasteiger partial charge on any atom is -0.366 e. The number of hydrogen-bond acceptors (Lipinski definition) is 4. The maximum atomic E-state index is 12.8. The first-order valence-electron chi connectivity index (χ1n) is 6.96. The minimum atomic E-state index is -3.65. The van der Waals surface area contributed by atoms with Crippen LogP contribution in [0.25, 0.3) is 0 Å². The van der Waals surface area contributed by atoms with Crippen LogP contribution in [0, 0.1) is 0 Å². The first-order chi connectivity index (χ1) is 10.9. The summed E-state index contributed by atoms with van der Waals surface area (Å²) in [4.78, 5) is 12.3. The largest absolute Gasteiger partial charge is 0.366 e. The number of rotatable bonds is 6. The lowest BCUT2D eigenvalue weighted by Gasteiger charge is -2.23. The van der Waals surface area contributed by atoms with E-state index < -0.39 is 15.9 Å². The summed E-state index contributed by atoms with van der Waals surface area (Å²) < 4.78 is 26.9. The molecule has 0 atom stereocenters. The van der Waals surface area contributed by atoms with Crippen LogP contribution >= 0.6 is 11.8 Å². The third-order valence-corrected chi connectivity index (χ3v) is 6.04. The molecule has 0 radical (unpaired) electrons. The van der Waals surface area contributed by atoms with Crippen LogP contribution in [-0.4, -0.2) is 27.1 Å². The van der Waals surface area contributed by atoms with Gasteiger partial charge in [-0.25, -0.2) is 8.42 Å². The Morgan fingerprint density at radius 2 is 1.65 bits per heavy atom. The van der Waals surface area contributed by atoms with Crippen LogP contribution in [0.15, 0.2) is 58.3 Å². The van der Waals surface area contributed by atoms with Gasteiger partial charge in [-0.2, -0.15) is 0 Å². The summed E-state index contributed by atoms with van der Waals surface area (Å²) in [5.41, 5.74) is 6.04. The predicted molar refractivity (Wildman–Crippen MR) is 93.4 cm³/mol. The molecule has 0 spiro atoms. The maximum Gasteiger partial charge on any atom is 0.264 e. The zero-order chi connectivity index (χ0) is 17.0. The minimum absolute atomic E-state index is 0.233. The van der Waals surface area contributed by atoms with E-state index in [1.54, 1.807) is 55.1 Å². The predicted octanol–water partition coefficient (Wildman–Crippen LogP) is 2.72. The van der Waals surface area contributed by atoms with Crippen LogP contribution in [-0.2, 0) is 10.0 Å². The number of sulfonamides is 1. The second-order valence-electron chi connectivity index (χ2n) is 4.76. The molecular weight excluding hydrogens is 332 g/mol. The molecule has 0 heterocycles. The fourth-order valence-corrected chi connectivity index (χ4v) is 4.04. The van der Waals surface area contributed by atoms with Crippen LogP contribution in [0.4, 0.5) is 5.69 Å². The third kappa shape index (κ3) is 3.68. The lowest BCUT2D eigenvalue weighted by molar-refractivity contribution is 0.100. The summed E-state index contributed by atoms with van der Waals surface area (Å²) in [5.74, 6) is -0.546. The quantitative estimate of drug-likeness (QED) is 0.812. The summed E-state index contributed by atoms with van der Waals surface area (Å²) in [6.07, 6.45) is 1.93. The monoisotopic (exact) mass is 350 g/mol. The van der Waals surface area contributed by atoms with Gasteiger partial charge in [-0.15, -0.1) is 11.8 Å². The summed E-state index contributed by atoms with van der Waals surface area (Å²) in [6, 6.07) is 13.0. The zero-order valence-electron chi connectivity index (χ0n) is 12.9. The van der Waals surface area contributed by atoms with Crippen LogP contribution in [0.2, 0.25) is 0 Å². The molecule has 0 fully saturated rings. The first-order valence-corrected chi connectivity index (χ1v) is 9.63. The van der Waals surface area contributed by atoms with Gasteiger partial charge in [0.25, 0.3) is 10.0 Å². The highest BCUT2D eigenvalue weighted by Gasteiger charge is 2.23. The van der Waals surface area contributed by atoms with E-state index in [1.807, 2.05) is 6.26 Å². The molecule has 5 nitrogen and oxygen atoms in total. The van der Waals surface area contributed by atoms with Crippen molar-refractivity contribution < 1.29 is 13.2 Å². The van der Waals surface area contributed by atoms with Crippen molar-refractivity contribution in [2.45, 2.75) is 16.7 Å². The van der Waals surface area contributed by atoms with Gasteiger partial charge in [0.05, 0.1) is 10.6 Å². The normalized spacial score (nSPS) is 11.2. The number of nitrogens with zero attached hydrogens (tertiary/aromatic N) is 1. The second kappa shape index (κ2) is 7.06. The van der Waals surface area contributed by atoms with Gasteiger partial charge >= 0.3 is 0 Å². The average Bonchev–Trinajstić information content (AvgIpc) is 2.56. The van der Waals surface area contributed by atoms with Gasteiger partial charge in [0, 0.05) is 17.0 Å². The lowest BCUT2D eigenvalue weighted by Crippen LogP contribution is -2.30. The van der Waals surface area contributed by atoms with Crippen LogP contribution in [0.1, 0.15) is 17.3 Å². The molecule has 0 saturated heterocycles. The Morgan fingerprint density at radius 1 is 1.09 bits per heavy atom. The number of hydrogen-bond donors (Lipinski definition) is 1. The molecule has 122 valence electrons. The van der Waals surface area contributed by atoms with E-state index in [0.29, 0.717) is 11.3 Å². The maximum absolute atomic E-state index is 12.8. The first kappa shape index (κ1) is 17.4. The smallest absolute Gasteiger partial charge is 0.264 e. The molecule has 23 heavy (non-hydrogen) atoms. The molecule has 0 saturated carbocycles. The fraction of sp³-hybridized carbons (Fsp3) is 0.188. The molecule has 1 amide bonds. The Labute approximate surface area is 140 Å². The van der Waals surface area contributed by atoms with Gasteiger partial charge < -0.3 is 5.73 Å². The van der Waals surface area contributed by atoms with Gasteiger partial charge in [-0.3, -0.25) is 9.10 Å². The van der Waals surface area contributed by atoms with E-state index in [0.717, 1.165) is 4.90 Å². The molecule has 2 aromatic rings. The number of benzene rings is 2. The molecule has 2 aromatic carbocycles. The second-order valence-corrected chi connectivity index (χ2v) is 7.50. The van der Waals surface area contributed by atoms with E-state index >= 15 is 0 Å². The summed E-state index contributed by atoms with van der Waals surface area (Å²) in [7, 11) is -3.65. The van der Waals surface area contributed by atoms with Crippen molar-refractivity contribution in [2.24, 2.45) is 5.73 Å². The van der Waals surface area contributed by atoms with E-state index in [4.69, 9.17) is 5.73 Å². The van der Waals surface area contributed by atoms with Crippen molar-refractivity contribution in [3.05, 3.63) is 54.1 Å². The van der Waals surface area contributed by atoms with Crippen molar-refractivity contribution >= 4 is 33.4 Å². The number of carbonyl (C=O) groups is 1. The number of primary amides is 1. The van der Waals surface area contributed by atoms with Gasteiger partial charge in [0.15, 0.2) is 0 Å². The summed E-state index contributed by atoms with van der Waals surface area (Å²) in [6.45, 7) is 2.04. The van der Waals surface area contributed by atoms with Gasteiger partial charge in [0.1, 0.15) is 0 Å². The molecular formula is C16H18N2O3S2. The van der Waals surface area contributed by atoms with Crippen molar-refractivity contribution in [1.82, 2.24) is 0 Å². The molecule has 0 bridgehead atoms. The Kier molecular flexibility index (Phi) is 5.33. The average molecular weight is 350 g/mol. The number of nitrogens with two attached hydrogens (primary N) is 1. The summed E-state index contributed by atoms with van der Waals surface area (Å²) >= 11 is 1.55. The van der Waals surface area contributed by atoms with E-state index in [-0.39, 0.29) is 11.4 Å². The SMILES string of the molecule is CCN(c1ccc(C(N)=O)cc1)S(=O)(=O)c1ccc(SC)cc1. The molecule has 2 rings (SSSR count). The van der Waals surface area contributed by atoms with Crippen molar-refractivity contribution in [3.8, 4) is 0 Å². The highest BCUT2D eigenvalue weighted by atomic mass is 32.2. The lowest BCUT2D eigenvalue weighted by atomic mass is 10.2. The number of anilines is 1. The highest BCUT2D eigenvalue weighted by Crippen LogP contribution is 2.25. The van der Waals surface area contributed by atoms with Gasteiger partial charge in [-0.1, -0.05) is 0 Å². The Balaban J connectivity index is 2.39. The van der Waals surface area contributed by atoms with Crippen molar-refractivity contribution in [2.75, 3.05) is 17.1 Å². The van der Waals surface area contributed by atoms with E-state index in [2.05, 4.69) is 0 Å². The number of thioether (sulfide) groups is 1. The Bertz CT molecular complexity index is 785. The van der Waals surface area contributed by atoms with Crippen molar-refractivity contribution in [1.29, 1.82) is 0 Å². The van der Waals surface area contributed by atoms with Crippen molar-refractivity contribution in [3.63, 3.8) is 0 Å². The van der Waals surface area contributed by atoms with Crippen LogP contribution < -0.4 is 10.0 Å². The van der Waals surface area contributed by atoms with Crippen LogP contribution in [0.3, 0.4) is 0 Å². The molecule has 0 aliphatic heterocycles.